The summed E-state index contributed by atoms with van der Waals surface area (Å²) in [7, 11) is 1.55. The second-order valence-electron chi connectivity index (χ2n) is 6.78. The Balaban J connectivity index is 1.99. The van der Waals surface area contributed by atoms with Crippen LogP contribution in [0.5, 0.6) is 11.5 Å². The fourth-order valence-electron chi connectivity index (χ4n) is 3.35. The third-order valence-corrected chi connectivity index (χ3v) is 4.53. The summed E-state index contributed by atoms with van der Waals surface area (Å²) in [6, 6.07) is 12.1. The molecule has 1 amide bonds. The molecule has 0 aromatic heterocycles. The molecule has 0 radical (unpaired) electrons. The van der Waals surface area contributed by atoms with Crippen LogP contribution in [0.15, 0.2) is 42.5 Å². The van der Waals surface area contributed by atoms with Gasteiger partial charge in [-0.1, -0.05) is 24.3 Å². The third kappa shape index (κ3) is 3.89. The smallest absolute Gasteiger partial charge is 0.305 e. The first kappa shape index (κ1) is 18.8. The van der Waals surface area contributed by atoms with Crippen molar-refractivity contribution in [3.63, 3.8) is 0 Å². The van der Waals surface area contributed by atoms with E-state index in [1.807, 2.05) is 32.0 Å². The Hall–Kier alpha value is -3.02. The van der Waals surface area contributed by atoms with E-state index < -0.39 is 12.0 Å². The molecular formula is C21H23NO5. The lowest BCUT2D eigenvalue weighted by molar-refractivity contribution is -0.138. The molecule has 1 heterocycles. The van der Waals surface area contributed by atoms with Crippen molar-refractivity contribution in [3.8, 4) is 11.5 Å². The number of rotatable bonds is 7. The van der Waals surface area contributed by atoms with Crippen LogP contribution in [0.2, 0.25) is 0 Å². The number of aliphatic carboxylic acids is 1. The zero-order valence-electron chi connectivity index (χ0n) is 15.6. The fraction of sp³-hybridized carbons (Fsp3) is 0.333. The highest BCUT2D eigenvalue weighted by Crippen LogP contribution is 2.37. The van der Waals surface area contributed by atoms with E-state index in [0.717, 1.165) is 5.56 Å². The monoisotopic (exact) mass is 369 g/mol. The molecular weight excluding hydrogens is 346 g/mol. The molecule has 1 N–H and O–H groups in total. The first-order valence-electron chi connectivity index (χ1n) is 8.86. The Morgan fingerprint density at radius 2 is 1.93 bits per heavy atom. The van der Waals surface area contributed by atoms with Crippen LogP contribution in [0.3, 0.4) is 0 Å². The van der Waals surface area contributed by atoms with E-state index in [9.17, 15) is 14.7 Å². The maximum atomic E-state index is 12.9. The van der Waals surface area contributed by atoms with E-state index in [1.165, 1.54) is 0 Å². The number of ether oxygens (including phenoxy) is 2. The topological polar surface area (TPSA) is 76.1 Å². The van der Waals surface area contributed by atoms with Gasteiger partial charge in [0, 0.05) is 12.1 Å². The lowest BCUT2D eigenvalue weighted by atomic mass is 10.0. The molecule has 6 heteroatoms. The van der Waals surface area contributed by atoms with Crippen molar-refractivity contribution in [2.75, 3.05) is 7.11 Å². The number of nitrogens with zero attached hydrogens (tertiary/aromatic N) is 1. The molecule has 6 nitrogen and oxygen atoms in total. The number of hydrogen-bond donors (Lipinski definition) is 1. The number of carbonyl (C=O) groups is 2. The minimum atomic E-state index is -0.967. The summed E-state index contributed by atoms with van der Waals surface area (Å²) in [4.78, 5) is 26.0. The van der Waals surface area contributed by atoms with Crippen LogP contribution in [-0.2, 0) is 11.3 Å². The molecule has 0 bridgehead atoms. The lowest BCUT2D eigenvalue weighted by Gasteiger charge is -2.28. The molecule has 0 spiro atoms. The minimum absolute atomic E-state index is 0.0650. The summed E-state index contributed by atoms with van der Waals surface area (Å²) in [6.45, 7) is 4.20. The Morgan fingerprint density at radius 3 is 2.56 bits per heavy atom. The van der Waals surface area contributed by atoms with E-state index in [0.29, 0.717) is 29.2 Å². The second-order valence-corrected chi connectivity index (χ2v) is 6.78. The summed E-state index contributed by atoms with van der Waals surface area (Å²) >= 11 is 0. The van der Waals surface area contributed by atoms with E-state index in [4.69, 9.17) is 9.47 Å². The Kier molecular flexibility index (Phi) is 5.35. The average Bonchev–Trinajstić information content (AvgIpc) is 2.96. The van der Waals surface area contributed by atoms with Crippen LogP contribution < -0.4 is 9.47 Å². The number of fused-ring (bicyclic) bond motifs is 1. The van der Waals surface area contributed by atoms with Crippen molar-refractivity contribution in [3.05, 3.63) is 59.2 Å². The fourth-order valence-corrected chi connectivity index (χ4v) is 3.35. The van der Waals surface area contributed by atoms with Gasteiger partial charge in [0.05, 0.1) is 25.7 Å². The van der Waals surface area contributed by atoms with E-state index in [1.54, 1.807) is 36.3 Å². The van der Waals surface area contributed by atoms with Gasteiger partial charge in [0.1, 0.15) is 0 Å². The van der Waals surface area contributed by atoms with E-state index >= 15 is 0 Å². The first-order chi connectivity index (χ1) is 12.9. The summed E-state index contributed by atoms with van der Waals surface area (Å²) in [6.07, 6.45) is -0.252. The largest absolute Gasteiger partial charge is 0.493 e. The minimum Gasteiger partial charge on any atom is -0.493 e. The number of methoxy groups -OCH3 is 1. The molecule has 1 aliphatic heterocycles. The number of amides is 1. The van der Waals surface area contributed by atoms with Crippen LogP contribution in [0.4, 0.5) is 0 Å². The van der Waals surface area contributed by atoms with Gasteiger partial charge >= 0.3 is 5.97 Å². The predicted molar refractivity (Wildman–Crippen MR) is 100 cm³/mol. The lowest BCUT2D eigenvalue weighted by Crippen LogP contribution is -2.31. The maximum Gasteiger partial charge on any atom is 0.305 e. The predicted octanol–water partition coefficient (Wildman–Crippen LogP) is 3.65. The summed E-state index contributed by atoms with van der Waals surface area (Å²) in [5.41, 5.74) is 2.24. The van der Waals surface area contributed by atoms with Gasteiger partial charge in [-0.25, -0.2) is 0 Å². The summed E-state index contributed by atoms with van der Waals surface area (Å²) < 4.78 is 11.1. The summed E-state index contributed by atoms with van der Waals surface area (Å²) in [5, 5.41) is 9.43. The number of hydrogen-bond acceptors (Lipinski definition) is 4. The van der Waals surface area contributed by atoms with Crippen LogP contribution in [0.25, 0.3) is 0 Å². The standard InChI is InChI=1S/C21H23NO5/c1-13(2)27-19-10-14(8-9-18(19)26-3)17(11-20(23)24)22-12-15-6-4-5-7-16(15)21(22)25/h4-10,13,17H,11-12H2,1-3H3,(H,23,24). The zero-order chi connectivity index (χ0) is 19.6. The molecule has 1 atom stereocenters. The van der Waals surface area contributed by atoms with Crippen molar-refractivity contribution in [1.82, 2.24) is 4.90 Å². The number of benzene rings is 2. The van der Waals surface area contributed by atoms with Crippen LogP contribution in [0.1, 0.15) is 47.8 Å². The SMILES string of the molecule is COc1ccc(C(CC(=O)O)N2Cc3ccccc3C2=O)cc1OC(C)C. The highest BCUT2D eigenvalue weighted by atomic mass is 16.5. The average molecular weight is 369 g/mol. The molecule has 3 rings (SSSR count). The Morgan fingerprint density at radius 1 is 1.19 bits per heavy atom. The Labute approximate surface area is 158 Å². The molecule has 0 aliphatic carbocycles. The molecule has 2 aromatic carbocycles. The van der Waals surface area contributed by atoms with Crippen LogP contribution in [-0.4, -0.2) is 35.1 Å². The van der Waals surface area contributed by atoms with Gasteiger partial charge in [-0.05, 0) is 43.2 Å². The van der Waals surface area contributed by atoms with Crippen molar-refractivity contribution >= 4 is 11.9 Å². The molecule has 0 saturated heterocycles. The Bertz CT molecular complexity index is 861. The molecule has 2 aromatic rings. The van der Waals surface area contributed by atoms with Gasteiger partial charge in [0.2, 0.25) is 0 Å². The van der Waals surface area contributed by atoms with E-state index in [2.05, 4.69) is 0 Å². The molecule has 1 aliphatic rings. The molecule has 27 heavy (non-hydrogen) atoms. The van der Waals surface area contributed by atoms with Crippen molar-refractivity contribution in [2.24, 2.45) is 0 Å². The van der Waals surface area contributed by atoms with Gasteiger partial charge in [-0.2, -0.15) is 0 Å². The van der Waals surface area contributed by atoms with E-state index in [-0.39, 0.29) is 18.4 Å². The molecule has 1 unspecified atom stereocenters. The number of carboxylic acid groups (broad SMARTS) is 1. The highest BCUT2D eigenvalue weighted by Gasteiger charge is 2.34. The zero-order valence-corrected chi connectivity index (χ0v) is 15.6. The first-order valence-corrected chi connectivity index (χ1v) is 8.86. The third-order valence-electron chi connectivity index (χ3n) is 4.53. The second kappa shape index (κ2) is 7.70. The van der Waals surface area contributed by atoms with Gasteiger partial charge < -0.3 is 19.5 Å². The molecule has 0 fully saturated rings. The highest BCUT2D eigenvalue weighted by molar-refractivity contribution is 5.98. The number of carbonyl (C=O) groups excluding carboxylic acids is 1. The van der Waals surface area contributed by atoms with Crippen LogP contribution >= 0.6 is 0 Å². The normalized spacial score (nSPS) is 14.2. The van der Waals surface area contributed by atoms with Crippen molar-refractivity contribution in [1.29, 1.82) is 0 Å². The van der Waals surface area contributed by atoms with Gasteiger partial charge in [-0.3, -0.25) is 9.59 Å². The van der Waals surface area contributed by atoms with Gasteiger partial charge in [-0.15, -0.1) is 0 Å². The van der Waals surface area contributed by atoms with Crippen molar-refractivity contribution < 1.29 is 24.2 Å². The van der Waals surface area contributed by atoms with Gasteiger partial charge in [0.25, 0.3) is 5.91 Å². The van der Waals surface area contributed by atoms with Crippen molar-refractivity contribution in [2.45, 2.75) is 39.0 Å². The van der Waals surface area contributed by atoms with Crippen LogP contribution in [0, 0.1) is 0 Å². The quantitative estimate of drug-likeness (QED) is 0.806. The maximum absolute atomic E-state index is 12.9. The number of carboxylic acids is 1. The summed E-state index contributed by atoms with van der Waals surface area (Å²) in [5.74, 6) is -0.0213. The molecule has 0 saturated carbocycles. The molecule has 142 valence electrons. The van der Waals surface area contributed by atoms with Gasteiger partial charge in [0.15, 0.2) is 11.5 Å².